The molecule has 7 heteroatoms. The molecule has 0 aliphatic carbocycles. The van der Waals surface area contributed by atoms with Crippen molar-refractivity contribution in [1.29, 1.82) is 0 Å². The van der Waals surface area contributed by atoms with Gasteiger partial charge in [0.15, 0.2) is 0 Å². The van der Waals surface area contributed by atoms with Crippen LogP contribution in [0, 0.1) is 0 Å². The average molecular weight is 254 g/mol. The summed E-state index contributed by atoms with van der Waals surface area (Å²) in [5.41, 5.74) is 5.81. The van der Waals surface area contributed by atoms with Crippen LogP contribution in [0.4, 0.5) is 0 Å². The maximum Gasteiger partial charge on any atom is 0.146 e. The Morgan fingerprint density at radius 2 is 2.27 bits per heavy atom. The molecule has 1 atom stereocenters. The van der Waals surface area contributed by atoms with Gasteiger partial charge in [-0.25, -0.2) is 0 Å². The van der Waals surface area contributed by atoms with Crippen LogP contribution in [-0.4, -0.2) is 38.8 Å². The second kappa shape index (κ2) is 6.27. The average Bonchev–Trinajstić information content (AvgIpc) is 2.64. The van der Waals surface area contributed by atoms with E-state index in [4.69, 9.17) is 5.73 Å². The molecule has 5 nitrogen and oxygen atoms in total. The van der Waals surface area contributed by atoms with E-state index in [0.29, 0.717) is 6.04 Å². The van der Waals surface area contributed by atoms with Gasteiger partial charge in [-0.2, -0.15) is 0 Å². The number of hydrogen-bond acceptors (Lipinski definition) is 4. The van der Waals surface area contributed by atoms with E-state index < -0.39 is 0 Å². The van der Waals surface area contributed by atoms with Crippen LogP contribution in [-0.2, 0) is 13.6 Å². The molecule has 0 spiro atoms. The Morgan fingerprint density at radius 3 is 2.73 bits per heavy atom. The monoisotopic (exact) mass is 253 g/mol. The third kappa shape index (κ3) is 3.61. The summed E-state index contributed by atoms with van der Waals surface area (Å²) >= 11 is 0. The van der Waals surface area contributed by atoms with E-state index in [1.54, 1.807) is 6.33 Å². The van der Waals surface area contributed by atoms with Gasteiger partial charge >= 0.3 is 0 Å². The molecule has 88 valence electrons. The van der Waals surface area contributed by atoms with Gasteiger partial charge in [0.1, 0.15) is 12.2 Å². The molecule has 1 fully saturated rings. The van der Waals surface area contributed by atoms with Crippen molar-refractivity contribution in [2.24, 2.45) is 12.8 Å². The summed E-state index contributed by atoms with van der Waals surface area (Å²) in [6.45, 7) is 2.92. The fourth-order valence-corrected chi connectivity index (χ4v) is 1.66. The molecular formula is C8H17Cl2N5. The number of nitrogens with two attached hydrogens (primary N) is 1. The summed E-state index contributed by atoms with van der Waals surface area (Å²) in [4.78, 5) is 2.31. The normalized spacial score (nSPS) is 20.8. The molecule has 0 bridgehead atoms. The van der Waals surface area contributed by atoms with Crippen molar-refractivity contribution in [2.45, 2.75) is 19.0 Å². The molecule has 0 saturated carbocycles. The van der Waals surface area contributed by atoms with E-state index in [0.717, 1.165) is 31.9 Å². The Balaban J connectivity index is 0.000000980. The molecule has 1 aliphatic rings. The largest absolute Gasteiger partial charge is 0.326 e. The van der Waals surface area contributed by atoms with Gasteiger partial charge in [-0.15, -0.1) is 35.0 Å². The molecule has 0 aromatic carbocycles. The topological polar surface area (TPSA) is 60.0 Å². The minimum Gasteiger partial charge on any atom is -0.326 e. The summed E-state index contributed by atoms with van der Waals surface area (Å²) < 4.78 is 1.95. The van der Waals surface area contributed by atoms with E-state index in [1.165, 1.54) is 0 Å². The van der Waals surface area contributed by atoms with Crippen molar-refractivity contribution in [3.8, 4) is 0 Å². The number of rotatable bonds is 2. The first kappa shape index (κ1) is 14.6. The van der Waals surface area contributed by atoms with Gasteiger partial charge in [0.2, 0.25) is 0 Å². The maximum atomic E-state index is 5.81. The lowest BCUT2D eigenvalue weighted by molar-refractivity contribution is 0.314. The highest BCUT2D eigenvalue weighted by Crippen LogP contribution is 2.09. The van der Waals surface area contributed by atoms with E-state index in [1.807, 2.05) is 11.6 Å². The lowest BCUT2D eigenvalue weighted by atomic mass is 10.3. The van der Waals surface area contributed by atoms with Crippen molar-refractivity contribution >= 4 is 24.8 Å². The van der Waals surface area contributed by atoms with Crippen LogP contribution in [0.3, 0.4) is 0 Å². The molecule has 1 unspecified atom stereocenters. The van der Waals surface area contributed by atoms with Crippen molar-refractivity contribution in [3.05, 3.63) is 12.2 Å². The number of aryl methyl sites for hydroxylation is 1. The molecule has 2 heterocycles. The highest BCUT2D eigenvalue weighted by atomic mass is 35.5. The zero-order chi connectivity index (χ0) is 9.26. The molecule has 0 radical (unpaired) electrons. The molecule has 0 amide bonds. The highest BCUT2D eigenvalue weighted by Gasteiger charge is 2.20. The van der Waals surface area contributed by atoms with Gasteiger partial charge in [-0.05, 0) is 6.42 Å². The maximum absolute atomic E-state index is 5.81. The van der Waals surface area contributed by atoms with Crippen LogP contribution in [0.1, 0.15) is 12.2 Å². The van der Waals surface area contributed by atoms with Gasteiger partial charge in [0.25, 0.3) is 0 Å². The number of hydrogen-bond donors (Lipinski definition) is 1. The second-order valence-corrected chi connectivity index (χ2v) is 3.64. The van der Waals surface area contributed by atoms with Gasteiger partial charge in [0.05, 0.1) is 6.54 Å². The van der Waals surface area contributed by atoms with Crippen LogP contribution < -0.4 is 5.73 Å². The lowest BCUT2D eigenvalue weighted by Gasteiger charge is -2.13. The van der Waals surface area contributed by atoms with E-state index in [-0.39, 0.29) is 24.8 Å². The zero-order valence-corrected chi connectivity index (χ0v) is 10.3. The van der Waals surface area contributed by atoms with Gasteiger partial charge in [-0.3, -0.25) is 4.90 Å². The number of aromatic nitrogens is 3. The molecule has 1 aromatic heterocycles. The first-order valence-electron chi connectivity index (χ1n) is 4.56. The van der Waals surface area contributed by atoms with Gasteiger partial charge < -0.3 is 10.3 Å². The Hall–Kier alpha value is -0.360. The lowest BCUT2D eigenvalue weighted by Crippen LogP contribution is -2.27. The van der Waals surface area contributed by atoms with Crippen molar-refractivity contribution in [2.75, 3.05) is 13.1 Å². The molecular weight excluding hydrogens is 237 g/mol. The van der Waals surface area contributed by atoms with E-state index in [2.05, 4.69) is 15.1 Å². The van der Waals surface area contributed by atoms with Crippen LogP contribution in [0.2, 0.25) is 0 Å². The molecule has 15 heavy (non-hydrogen) atoms. The second-order valence-electron chi connectivity index (χ2n) is 3.64. The first-order chi connectivity index (χ1) is 6.25. The Kier molecular flexibility index (Phi) is 6.12. The number of halogens is 2. The first-order valence-corrected chi connectivity index (χ1v) is 4.56. The van der Waals surface area contributed by atoms with Crippen LogP contribution in [0.25, 0.3) is 0 Å². The third-order valence-corrected chi connectivity index (χ3v) is 2.48. The van der Waals surface area contributed by atoms with Crippen LogP contribution >= 0.6 is 24.8 Å². The van der Waals surface area contributed by atoms with E-state index >= 15 is 0 Å². The summed E-state index contributed by atoms with van der Waals surface area (Å²) in [7, 11) is 1.96. The zero-order valence-electron chi connectivity index (χ0n) is 8.67. The summed E-state index contributed by atoms with van der Waals surface area (Å²) in [6.07, 6.45) is 2.82. The SMILES string of the molecule is Cl.Cl.Cn1cnnc1CN1CCC(N)C1. The van der Waals surface area contributed by atoms with Gasteiger partial charge in [-0.1, -0.05) is 0 Å². The van der Waals surface area contributed by atoms with Crippen molar-refractivity contribution < 1.29 is 0 Å². The van der Waals surface area contributed by atoms with Crippen molar-refractivity contribution in [1.82, 2.24) is 19.7 Å². The molecule has 1 aliphatic heterocycles. The van der Waals surface area contributed by atoms with Crippen LogP contribution in [0.15, 0.2) is 6.33 Å². The molecule has 1 saturated heterocycles. The van der Waals surface area contributed by atoms with Crippen molar-refractivity contribution in [3.63, 3.8) is 0 Å². The molecule has 2 N–H and O–H groups in total. The van der Waals surface area contributed by atoms with Gasteiger partial charge in [0, 0.05) is 26.2 Å². The molecule has 2 rings (SSSR count). The summed E-state index contributed by atoms with van der Waals surface area (Å²) in [5.74, 6) is 1.01. The predicted octanol–water partition coefficient (Wildman–Crippen LogP) is 0.192. The van der Waals surface area contributed by atoms with E-state index in [9.17, 15) is 0 Å². The third-order valence-electron chi connectivity index (χ3n) is 2.48. The van der Waals surface area contributed by atoms with Crippen LogP contribution in [0.5, 0.6) is 0 Å². The number of nitrogens with zero attached hydrogens (tertiary/aromatic N) is 4. The smallest absolute Gasteiger partial charge is 0.146 e. The minimum absolute atomic E-state index is 0. The fraction of sp³-hybridized carbons (Fsp3) is 0.750. The minimum atomic E-state index is 0. The number of likely N-dealkylation sites (tertiary alicyclic amines) is 1. The Labute approximate surface area is 102 Å². The highest BCUT2D eigenvalue weighted by molar-refractivity contribution is 5.85. The quantitative estimate of drug-likeness (QED) is 0.818. The standard InChI is InChI=1S/C8H15N5.2ClH/c1-12-6-10-11-8(12)5-13-3-2-7(9)4-13;;/h6-7H,2-5,9H2,1H3;2*1H. The Morgan fingerprint density at radius 1 is 1.53 bits per heavy atom. The molecule has 1 aromatic rings. The fourth-order valence-electron chi connectivity index (χ4n) is 1.66. The predicted molar refractivity (Wildman–Crippen MR) is 63.4 cm³/mol. The summed E-state index contributed by atoms with van der Waals surface area (Å²) in [5, 5.41) is 7.87. The summed E-state index contributed by atoms with van der Waals surface area (Å²) in [6, 6.07) is 0.341. The Bertz CT molecular complexity index is 290.